The molecule has 7 heteroatoms. The van der Waals surface area contributed by atoms with Gasteiger partial charge in [0.15, 0.2) is 0 Å². The van der Waals surface area contributed by atoms with Crippen LogP contribution < -0.4 is 4.72 Å². The third kappa shape index (κ3) is 3.79. The first-order valence-electron chi connectivity index (χ1n) is 7.51. The van der Waals surface area contributed by atoms with Gasteiger partial charge in [-0.2, -0.15) is 5.10 Å². The van der Waals surface area contributed by atoms with Gasteiger partial charge in [0, 0.05) is 0 Å². The summed E-state index contributed by atoms with van der Waals surface area (Å²) in [6.07, 6.45) is 1.36. The minimum Gasteiger partial charge on any atom is -0.262 e. The molecule has 0 aliphatic rings. The topological polar surface area (TPSA) is 87.7 Å². The highest BCUT2D eigenvalue weighted by molar-refractivity contribution is 7.89. The summed E-state index contributed by atoms with van der Waals surface area (Å²) < 4.78 is 28.2. The lowest BCUT2D eigenvalue weighted by Gasteiger charge is -2.23. The number of benzene rings is 1. The molecule has 1 aromatic carbocycles. The summed E-state index contributed by atoms with van der Waals surface area (Å²) in [6.45, 7) is 11.7. The molecule has 0 spiro atoms. The van der Waals surface area contributed by atoms with Gasteiger partial charge in [-0.1, -0.05) is 32.9 Å². The molecule has 0 fully saturated rings. The van der Waals surface area contributed by atoms with Crippen molar-refractivity contribution in [2.75, 3.05) is 0 Å². The lowest BCUT2D eigenvalue weighted by molar-refractivity contribution is 0.557. The Bertz CT molecular complexity index is 767. The molecule has 2 aromatic rings. The quantitative estimate of drug-likeness (QED) is 0.898. The second-order valence-electron chi connectivity index (χ2n) is 6.90. The molecule has 0 aliphatic heterocycles. The predicted molar refractivity (Wildman–Crippen MR) is 89.7 cm³/mol. The zero-order chi connectivity index (χ0) is 17.4. The number of aromatic amines is 1. The van der Waals surface area contributed by atoms with Crippen LogP contribution in [0.2, 0.25) is 0 Å². The fourth-order valence-electron chi connectivity index (χ4n) is 2.58. The van der Waals surface area contributed by atoms with E-state index in [2.05, 4.69) is 40.7 Å². The Labute approximate surface area is 137 Å². The number of rotatable bonds is 4. The second kappa shape index (κ2) is 6.05. The monoisotopic (exact) mass is 336 g/mol. The Kier molecular flexibility index (Phi) is 4.64. The number of hydrogen-bond donors (Lipinski definition) is 2. The predicted octanol–water partition coefficient (Wildman–Crippen LogP) is 2.76. The van der Waals surface area contributed by atoms with E-state index in [9.17, 15) is 8.42 Å². The maximum atomic E-state index is 12.8. The summed E-state index contributed by atoms with van der Waals surface area (Å²) in [4.78, 5) is 4.32. The first kappa shape index (κ1) is 17.6. The van der Waals surface area contributed by atoms with Gasteiger partial charge in [-0.15, -0.1) is 0 Å². The third-order valence-electron chi connectivity index (χ3n) is 3.77. The molecule has 0 saturated carbocycles. The minimum absolute atomic E-state index is 0.0294. The average Bonchev–Trinajstić information content (AvgIpc) is 2.89. The van der Waals surface area contributed by atoms with E-state index in [4.69, 9.17) is 0 Å². The fraction of sp³-hybridized carbons (Fsp3) is 0.500. The van der Waals surface area contributed by atoms with Crippen molar-refractivity contribution in [3.8, 4) is 0 Å². The van der Waals surface area contributed by atoms with Gasteiger partial charge in [-0.25, -0.2) is 18.1 Å². The van der Waals surface area contributed by atoms with Crippen LogP contribution in [0.4, 0.5) is 0 Å². The van der Waals surface area contributed by atoms with Gasteiger partial charge in [0.2, 0.25) is 10.0 Å². The van der Waals surface area contributed by atoms with Crippen LogP contribution >= 0.6 is 0 Å². The Morgan fingerprint density at radius 2 is 1.74 bits per heavy atom. The molecule has 1 unspecified atom stereocenters. The van der Waals surface area contributed by atoms with Crippen LogP contribution in [0.25, 0.3) is 0 Å². The van der Waals surface area contributed by atoms with Gasteiger partial charge < -0.3 is 0 Å². The van der Waals surface area contributed by atoms with Crippen molar-refractivity contribution in [2.45, 2.75) is 57.9 Å². The summed E-state index contributed by atoms with van der Waals surface area (Å²) in [5.74, 6) is 0.482. The van der Waals surface area contributed by atoms with E-state index in [1.54, 1.807) is 6.92 Å². The maximum Gasteiger partial charge on any atom is 0.241 e. The number of aromatic nitrogens is 3. The Morgan fingerprint density at radius 3 is 2.17 bits per heavy atom. The lowest BCUT2D eigenvalue weighted by Crippen LogP contribution is -2.29. The number of sulfonamides is 1. The molecule has 126 valence electrons. The lowest BCUT2D eigenvalue weighted by atomic mass is 9.85. The molecule has 1 aromatic heterocycles. The van der Waals surface area contributed by atoms with E-state index in [1.165, 1.54) is 6.33 Å². The summed E-state index contributed by atoms with van der Waals surface area (Å²) >= 11 is 0. The van der Waals surface area contributed by atoms with Gasteiger partial charge in [-0.3, -0.25) is 5.10 Å². The van der Waals surface area contributed by atoms with Crippen LogP contribution in [0.1, 0.15) is 56.3 Å². The van der Waals surface area contributed by atoms with Gasteiger partial charge in [0.05, 0.1) is 10.9 Å². The molecular weight excluding hydrogens is 312 g/mol. The van der Waals surface area contributed by atoms with E-state index < -0.39 is 16.1 Å². The molecular formula is C16H24N4O2S. The van der Waals surface area contributed by atoms with Crippen LogP contribution in [0.15, 0.2) is 23.4 Å². The van der Waals surface area contributed by atoms with Crippen LogP contribution in [-0.2, 0) is 15.4 Å². The molecule has 2 N–H and O–H groups in total. The van der Waals surface area contributed by atoms with Crippen LogP contribution in [0.3, 0.4) is 0 Å². The first-order chi connectivity index (χ1) is 10.5. The van der Waals surface area contributed by atoms with Crippen LogP contribution in [0.5, 0.6) is 0 Å². The SMILES string of the molecule is Cc1cc(C(C)(C)C)cc(C)c1S(=O)(=O)NC(C)c1ncn[nH]1. The van der Waals surface area contributed by atoms with Crippen molar-refractivity contribution in [3.63, 3.8) is 0 Å². The Hall–Kier alpha value is -1.73. The molecule has 1 heterocycles. The van der Waals surface area contributed by atoms with Gasteiger partial charge >= 0.3 is 0 Å². The normalized spacial score (nSPS) is 14.0. The van der Waals surface area contributed by atoms with Crippen LogP contribution in [-0.4, -0.2) is 23.6 Å². The first-order valence-corrected chi connectivity index (χ1v) is 9.00. The Balaban J connectivity index is 2.40. The third-order valence-corrected chi connectivity index (χ3v) is 5.62. The summed E-state index contributed by atoms with van der Waals surface area (Å²) in [7, 11) is -3.65. The summed E-state index contributed by atoms with van der Waals surface area (Å²) in [5.41, 5.74) is 2.58. The highest BCUT2D eigenvalue weighted by Gasteiger charge is 2.25. The molecule has 2 rings (SSSR count). The molecule has 23 heavy (non-hydrogen) atoms. The fourth-order valence-corrected chi connectivity index (χ4v) is 4.24. The highest BCUT2D eigenvalue weighted by atomic mass is 32.2. The maximum absolute atomic E-state index is 12.8. The molecule has 0 radical (unpaired) electrons. The summed E-state index contributed by atoms with van der Waals surface area (Å²) in [6, 6.07) is 3.41. The smallest absolute Gasteiger partial charge is 0.241 e. The van der Waals surface area contributed by atoms with Crippen LogP contribution in [0, 0.1) is 13.8 Å². The summed E-state index contributed by atoms with van der Waals surface area (Å²) in [5, 5.41) is 6.43. The number of H-pyrrole nitrogens is 1. The van der Waals surface area contributed by atoms with E-state index in [1.807, 2.05) is 26.0 Å². The van der Waals surface area contributed by atoms with Gasteiger partial charge in [0.1, 0.15) is 12.2 Å². The number of nitrogens with zero attached hydrogens (tertiary/aromatic N) is 2. The molecule has 6 nitrogen and oxygen atoms in total. The zero-order valence-corrected chi connectivity index (χ0v) is 15.2. The molecule has 0 bridgehead atoms. The van der Waals surface area contributed by atoms with Crippen molar-refractivity contribution in [3.05, 3.63) is 41.0 Å². The van der Waals surface area contributed by atoms with E-state index in [0.717, 1.165) is 16.7 Å². The minimum atomic E-state index is -3.65. The zero-order valence-electron chi connectivity index (χ0n) is 14.4. The number of aryl methyl sites for hydroxylation is 2. The Morgan fingerprint density at radius 1 is 1.17 bits per heavy atom. The standard InChI is InChI=1S/C16H24N4O2S/c1-10-7-13(16(4,5)6)8-11(2)14(10)23(21,22)20-12(3)15-17-9-18-19-15/h7-9,12,20H,1-6H3,(H,17,18,19). The van der Waals surface area contributed by atoms with E-state index >= 15 is 0 Å². The second-order valence-corrected chi connectivity index (χ2v) is 8.55. The molecule has 0 amide bonds. The van der Waals surface area contributed by atoms with Crippen molar-refractivity contribution < 1.29 is 8.42 Å². The van der Waals surface area contributed by atoms with Crippen molar-refractivity contribution >= 4 is 10.0 Å². The van der Waals surface area contributed by atoms with Gasteiger partial charge in [0.25, 0.3) is 0 Å². The van der Waals surface area contributed by atoms with Crippen molar-refractivity contribution in [2.24, 2.45) is 0 Å². The van der Waals surface area contributed by atoms with E-state index in [-0.39, 0.29) is 5.41 Å². The average molecular weight is 336 g/mol. The van der Waals surface area contributed by atoms with Gasteiger partial charge in [-0.05, 0) is 42.9 Å². The molecule has 0 saturated heterocycles. The van der Waals surface area contributed by atoms with E-state index in [0.29, 0.717) is 10.7 Å². The highest BCUT2D eigenvalue weighted by Crippen LogP contribution is 2.29. The molecule has 0 aliphatic carbocycles. The van der Waals surface area contributed by atoms with Crippen molar-refractivity contribution in [1.29, 1.82) is 0 Å². The molecule has 1 atom stereocenters. The number of nitrogens with one attached hydrogen (secondary N) is 2. The largest absolute Gasteiger partial charge is 0.262 e. The van der Waals surface area contributed by atoms with Crippen molar-refractivity contribution in [1.82, 2.24) is 19.9 Å². The number of hydrogen-bond acceptors (Lipinski definition) is 4.